The number of β-amino-alcohol motifs (C(OH)–C–C–N with tert-alkyl or cyclic N) is 1. The number of nitrogens with zero attached hydrogens (tertiary/aromatic N) is 2. The van der Waals surface area contributed by atoms with Crippen LogP contribution in [0.2, 0.25) is 0 Å². The molecule has 0 aliphatic carbocycles. The molecule has 0 radical (unpaired) electrons. The second-order valence-electron chi connectivity index (χ2n) is 5.69. The lowest BCUT2D eigenvalue weighted by Gasteiger charge is -2.28. The Bertz CT molecular complexity index is 624. The van der Waals surface area contributed by atoms with Gasteiger partial charge in [0.05, 0.1) is 0 Å². The first-order chi connectivity index (χ1) is 10.2. The number of rotatable bonds is 2. The van der Waals surface area contributed by atoms with E-state index >= 15 is 0 Å². The summed E-state index contributed by atoms with van der Waals surface area (Å²) >= 11 is 0. The predicted octanol–water partition coefficient (Wildman–Crippen LogP) is 1.32. The number of aliphatic hydroxyl groups is 1. The third-order valence-corrected chi connectivity index (χ3v) is 4.14. The van der Waals surface area contributed by atoms with E-state index in [1.165, 1.54) is 0 Å². The van der Waals surface area contributed by atoms with Crippen LogP contribution in [0.15, 0.2) is 28.8 Å². The van der Waals surface area contributed by atoms with Crippen LogP contribution in [-0.2, 0) is 12.0 Å². The van der Waals surface area contributed by atoms with Crippen molar-refractivity contribution in [2.75, 3.05) is 13.1 Å². The summed E-state index contributed by atoms with van der Waals surface area (Å²) in [6.07, 6.45) is 2.01. The molecule has 2 aromatic rings. The minimum absolute atomic E-state index is 0.236. The van der Waals surface area contributed by atoms with Gasteiger partial charge < -0.3 is 19.7 Å². The van der Waals surface area contributed by atoms with E-state index in [-0.39, 0.29) is 12.0 Å². The van der Waals surface area contributed by atoms with Crippen LogP contribution in [0.4, 0.5) is 0 Å². The van der Waals surface area contributed by atoms with Crippen molar-refractivity contribution in [1.29, 1.82) is 0 Å². The van der Waals surface area contributed by atoms with Crippen molar-refractivity contribution >= 4 is 0 Å². The zero-order valence-corrected chi connectivity index (χ0v) is 11.6. The summed E-state index contributed by atoms with van der Waals surface area (Å²) < 4.78 is 11.1. The molecule has 0 bridgehead atoms. The Morgan fingerprint density at radius 1 is 1.33 bits per heavy atom. The van der Waals surface area contributed by atoms with Gasteiger partial charge in [-0.1, -0.05) is 23.4 Å². The van der Waals surface area contributed by atoms with E-state index in [0.717, 1.165) is 30.7 Å². The molecule has 0 spiro atoms. The van der Waals surface area contributed by atoms with E-state index in [1.807, 2.05) is 24.3 Å². The van der Waals surface area contributed by atoms with E-state index in [0.29, 0.717) is 18.8 Å². The lowest BCUT2D eigenvalue weighted by Crippen LogP contribution is -2.43. The van der Waals surface area contributed by atoms with Gasteiger partial charge in [0.25, 0.3) is 5.89 Å². The predicted molar refractivity (Wildman–Crippen MR) is 73.8 cm³/mol. The van der Waals surface area contributed by atoms with Crippen molar-refractivity contribution in [3.05, 3.63) is 41.5 Å². The van der Waals surface area contributed by atoms with Crippen LogP contribution in [0, 0.1) is 0 Å². The van der Waals surface area contributed by atoms with Gasteiger partial charge >= 0.3 is 0 Å². The Balaban J connectivity index is 1.56. The van der Waals surface area contributed by atoms with Gasteiger partial charge in [-0.05, 0) is 31.0 Å². The summed E-state index contributed by atoms with van der Waals surface area (Å²) in [5, 5.41) is 17.7. The van der Waals surface area contributed by atoms with Crippen LogP contribution in [0.1, 0.15) is 36.2 Å². The summed E-state index contributed by atoms with van der Waals surface area (Å²) in [6, 6.07) is 7.91. The molecule has 1 saturated heterocycles. The highest BCUT2D eigenvalue weighted by Gasteiger charge is 2.38. The van der Waals surface area contributed by atoms with E-state index in [1.54, 1.807) is 0 Å². The van der Waals surface area contributed by atoms with Crippen molar-refractivity contribution < 1.29 is 14.4 Å². The van der Waals surface area contributed by atoms with E-state index in [4.69, 9.17) is 9.26 Å². The Hall–Kier alpha value is -1.92. The fraction of sp³-hybridized carbons (Fsp3) is 0.467. The number of nitrogens with one attached hydrogen (secondary N) is 1. The van der Waals surface area contributed by atoms with Crippen molar-refractivity contribution in [3.8, 4) is 5.75 Å². The molecule has 4 rings (SSSR count). The highest BCUT2D eigenvalue weighted by Crippen LogP contribution is 2.36. The molecular formula is C15H17N3O3. The first-order valence-corrected chi connectivity index (χ1v) is 7.26. The second-order valence-corrected chi connectivity index (χ2v) is 5.69. The Morgan fingerprint density at radius 3 is 3.05 bits per heavy atom. The standard InChI is InChI=1S/C15H17N3O3/c19-15(6-3-7-16-9-15)14-17-13(18-21-14)12-8-10-4-1-2-5-11(10)20-12/h1-2,4-5,12,16,19H,3,6-9H2. The first kappa shape index (κ1) is 12.8. The van der Waals surface area contributed by atoms with Crippen LogP contribution < -0.4 is 10.1 Å². The fourth-order valence-corrected chi connectivity index (χ4v) is 2.95. The number of fused-ring (bicyclic) bond motifs is 1. The van der Waals surface area contributed by atoms with Crippen LogP contribution in [0.25, 0.3) is 0 Å². The molecule has 2 aliphatic heterocycles. The molecule has 2 aliphatic rings. The van der Waals surface area contributed by atoms with E-state index < -0.39 is 5.60 Å². The smallest absolute Gasteiger partial charge is 0.260 e. The van der Waals surface area contributed by atoms with E-state index in [9.17, 15) is 5.11 Å². The third kappa shape index (κ3) is 2.20. The molecule has 6 heteroatoms. The largest absolute Gasteiger partial charge is 0.482 e. The van der Waals surface area contributed by atoms with Gasteiger partial charge in [0.15, 0.2) is 11.7 Å². The molecular weight excluding hydrogens is 270 g/mol. The number of piperidine rings is 1. The van der Waals surface area contributed by atoms with Crippen LogP contribution >= 0.6 is 0 Å². The molecule has 2 atom stereocenters. The number of para-hydroxylation sites is 1. The van der Waals surface area contributed by atoms with Crippen molar-refractivity contribution in [1.82, 2.24) is 15.5 Å². The molecule has 1 fully saturated rings. The van der Waals surface area contributed by atoms with Gasteiger partial charge in [-0.25, -0.2) is 0 Å². The lowest BCUT2D eigenvalue weighted by atomic mass is 9.94. The first-order valence-electron chi connectivity index (χ1n) is 7.26. The maximum atomic E-state index is 10.6. The summed E-state index contributed by atoms with van der Waals surface area (Å²) in [5.74, 6) is 1.65. The van der Waals surface area contributed by atoms with Crippen LogP contribution in [0.5, 0.6) is 5.75 Å². The Labute approximate surface area is 122 Å². The molecule has 0 amide bonds. The van der Waals surface area contributed by atoms with Crippen molar-refractivity contribution in [2.45, 2.75) is 31.0 Å². The zero-order valence-electron chi connectivity index (χ0n) is 11.6. The molecule has 0 saturated carbocycles. The van der Waals surface area contributed by atoms with Gasteiger partial charge in [0, 0.05) is 13.0 Å². The minimum atomic E-state index is -1.06. The molecule has 2 N–H and O–H groups in total. The topological polar surface area (TPSA) is 80.4 Å². The summed E-state index contributed by atoms with van der Waals surface area (Å²) in [6.45, 7) is 1.35. The average molecular weight is 287 g/mol. The van der Waals surface area contributed by atoms with E-state index in [2.05, 4.69) is 15.5 Å². The average Bonchev–Trinajstić information content (AvgIpc) is 3.15. The molecule has 3 heterocycles. The molecule has 2 unspecified atom stereocenters. The van der Waals surface area contributed by atoms with Gasteiger partial charge in [-0.2, -0.15) is 4.98 Å². The maximum Gasteiger partial charge on any atom is 0.260 e. The van der Waals surface area contributed by atoms with Crippen molar-refractivity contribution in [2.24, 2.45) is 0 Å². The molecule has 110 valence electrons. The Kier molecular flexibility index (Phi) is 2.94. The zero-order chi connectivity index (χ0) is 14.3. The van der Waals surface area contributed by atoms with Gasteiger partial charge in [-0.3, -0.25) is 0 Å². The fourth-order valence-electron chi connectivity index (χ4n) is 2.95. The molecule has 1 aromatic heterocycles. The van der Waals surface area contributed by atoms with Gasteiger partial charge in [0.2, 0.25) is 5.82 Å². The highest BCUT2D eigenvalue weighted by atomic mass is 16.5. The monoisotopic (exact) mass is 287 g/mol. The maximum absolute atomic E-state index is 10.6. The summed E-state index contributed by atoms with van der Waals surface area (Å²) in [5.41, 5.74) is 0.0847. The SMILES string of the molecule is OC1(c2nc(C3Cc4ccccc4O3)no2)CCCNC1. The number of ether oxygens (including phenoxy) is 1. The number of hydrogen-bond donors (Lipinski definition) is 2. The number of aromatic nitrogens is 2. The van der Waals surface area contributed by atoms with Crippen LogP contribution in [0.3, 0.4) is 0 Å². The van der Waals surface area contributed by atoms with Gasteiger partial charge in [0.1, 0.15) is 5.75 Å². The molecule has 6 nitrogen and oxygen atoms in total. The third-order valence-electron chi connectivity index (χ3n) is 4.14. The minimum Gasteiger partial charge on any atom is -0.482 e. The number of benzene rings is 1. The molecule has 1 aromatic carbocycles. The number of hydrogen-bond acceptors (Lipinski definition) is 6. The normalized spacial score (nSPS) is 28.1. The highest BCUT2D eigenvalue weighted by molar-refractivity contribution is 5.37. The van der Waals surface area contributed by atoms with Crippen molar-refractivity contribution in [3.63, 3.8) is 0 Å². The summed E-state index contributed by atoms with van der Waals surface area (Å²) in [4.78, 5) is 4.38. The Morgan fingerprint density at radius 2 is 2.24 bits per heavy atom. The van der Waals surface area contributed by atoms with Gasteiger partial charge in [-0.15, -0.1) is 0 Å². The summed E-state index contributed by atoms with van der Waals surface area (Å²) in [7, 11) is 0. The second kappa shape index (κ2) is 4.82. The van der Waals surface area contributed by atoms with Crippen LogP contribution in [-0.4, -0.2) is 28.3 Å². The lowest BCUT2D eigenvalue weighted by molar-refractivity contribution is -0.0167. The molecule has 21 heavy (non-hydrogen) atoms. The quantitative estimate of drug-likeness (QED) is 0.867.